The number of aromatic nitrogens is 3. The van der Waals surface area contributed by atoms with Gasteiger partial charge in [0.05, 0.1) is 6.20 Å². The van der Waals surface area contributed by atoms with Crippen LogP contribution in [-0.2, 0) is 4.74 Å². The number of esters is 1. The molecule has 4 aromatic rings. The van der Waals surface area contributed by atoms with E-state index in [0.717, 1.165) is 11.1 Å². The van der Waals surface area contributed by atoms with Crippen LogP contribution >= 0.6 is 0 Å². The monoisotopic (exact) mass is 344 g/mol. The van der Waals surface area contributed by atoms with Gasteiger partial charge in [-0.3, -0.25) is 0 Å². The summed E-state index contributed by atoms with van der Waals surface area (Å²) in [6.45, 7) is 0. The van der Waals surface area contributed by atoms with Crippen molar-refractivity contribution in [2.75, 3.05) is 5.73 Å². The Labute approximate surface area is 149 Å². The van der Waals surface area contributed by atoms with Gasteiger partial charge in [0.1, 0.15) is 11.4 Å². The zero-order valence-corrected chi connectivity index (χ0v) is 13.8. The van der Waals surface area contributed by atoms with E-state index < -0.39 is 12.1 Å². The summed E-state index contributed by atoms with van der Waals surface area (Å²) in [7, 11) is 0. The van der Waals surface area contributed by atoms with Crippen molar-refractivity contribution in [3.63, 3.8) is 0 Å². The third kappa shape index (κ3) is 2.88. The van der Waals surface area contributed by atoms with E-state index in [1.54, 1.807) is 12.3 Å². The van der Waals surface area contributed by atoms with Crippen LogP contribution in [0.2, 0.25) is 0 Å². The zero-order chi connectivity index (χ0) is 17.9. The third-order valence-electron chi connectivity index (χ3n) is 4.10. The fourth-order valence-electron chi connectivity index (χ4n) is 2.80. The van der Waals surface area contributed by atoms with E-state index in [-0.39, 0.29) is 11.4 Å². The highest BCUT2D eigenvalue weighted by Gasteiger charge is 2.22. The molecule has 0 bridgehead atoms. The summed E-state index contributed by atoms with van der Waals surface area (Å²) in [6, 6.07) is 20.9. The molecule has 4 rings (SSSR count). The highest BCUT2D eigenvalue weighted by Crippen LogP contribution is 2.27. The second-order valence-corrected chi connectivity index (χ2v) is 5.77. The van der Waals surface area contributed by atoms with E-state index in [2.05, 4.69) is 10.1 Å². The molecule has 0 saturated heterocycles. The Morgan fingerprint density at radius 1 is 0.962 bits per heavy atom. The molecule has 0 saturated carbocycles. The largest absolute Gasteiger partial charge is 0.449 e. The summed E-state index contributed by atoms with van der Waals surface area (Å²) in [6.07, 6.45) is 2.45. The van der Waals surface area contributed by atoms with Crippen LogP contribution in [0.15, 0.2) is 79.1 Å². The Hall–Kier alpha value is -3.67. The Morgan fingerprint density at radius 2 is 1.58 bits per heavy atom. The molecule has 0 spiro atoms. The Balaban J connectivity index is 1.71. The number of anilines is 1. The predicted molar refractivity (Wildman–Crippen MR) is 97.5 cm³/mol. The number of carbonyl (C=O) groups is 1. The molecule has 0 aliphatic heterocycles. The van der Waals surface area contributed by atoms with Gasteiger partial charge in [-0.2, -0.15) is 9.61 Å². The van der Waals surface area contributed by atoms with Gasteiger partial charge >= 0.3 is 5.97 Å². The average molecular weight is 344 g/mol. The number of nitrogens with two attached hydrogens (primary N) is 1. The standard InChI is InChI=1S/C20H16N4O2/c21-19-16(13-22-17-11-12-23-24(17)19)20(25)26-18(14-7-3-1-4-8-14)15-9-5-2-6-10-15/h1-13,18H,21H2. The fourth-order valence-corrected chi connectivity index (χ4v) is 2.80. The minimum Gasteiger partial charge on any atom is -0.449 e. The van der Waals surface area contributed by atoms with E-state index in [1.165, 1.54) is 10.7 Å². The van der Waals surface area contributed by atoms with E-state index in [4.69, 9.17) is 10.5 Å². The SMILES string of the molecule is Nc1c(C(=O)OC(c2ccccc2)c2ccccc2)cnc2ccnn12. The molecular weight excluding hydrogens is 328 g/mol. The van der Waals surface area contributed by atoms with Gasteiger partial charge in [-0.05, 0) is 11.1 Å². The maximum Gasteiger partial charge on any atom is 0.344 e. The summed E-state index contributed by atoms with van der Waals surface area (Å²) >= 11 is 0. The van der Waals surface area contributed by atoms with E-state index in [1.807, 2.05) is 60.7 Å². The molecule has 128 valence electrons. The summed E-state index contributed by atoms with van der Waals surface area (Å²) < 4.78 is 7.23. The molecule has 6 heteroatoms. The first-order valence-electron chi connectivity index (χ1n) is 8.13. The van der Waals surface area contributed by atoms with Crippen molar-refractivity contribution in [3.05, 3.63) is 95.8 Å². The van der Waals surface area contributed by atoms with Crippen LogP contribution in [0, 0.1) is 0 Å². The maximum atomic E-state index is 12.8. The van der Waals surface area contributed by atoms with Gasteiger partial charge in [0.15, 0.2) is 11.8 Å². The van der Waals surface area contributed by atoms with Crippen molar-refractivity contribution in [1.29, 1.82) is 0 Å². The summed E-state index contributed by atoms with van der Waals surface area (Å²) in [4.78, 5) is 17.0. The van der Waals surface area contributed by atoms with Gasteiger partial charge in [0.25, 0.3) is 0 Å². The number of carbonyl (C=O) groups excluding carboxylic acids is 1. The smallest absolute Gasteiger partial charge is 0.344 e. The number of hydrogen-bond donors (Lipinski definition) is 1. The molecule has 6 nitrogen and oxygen atoms in total. The number of ether oxygens (including phenoxy) is 1. The predicted octanol–water partition coefficient (Wildman–Crippen LogP) is 3.26. The number of hydrogen-bond acceptors (Lipinski definition) is 5. The van der Waals surface area contributed by atoms with Crippen molar-refractivity contribution < 1.29 is 9.53 Å². The molecule has 0 atom stereocenters. The van der Waals surface area contributed by atoms with Gasteiger partial charge in [0, 0.05) is 12.3 Å². The van der Waals surface area contributed by atoms with E-state index in [0.29, 0.717) is 5.65 Å². The lowest BCUT2D eigenvalue weighted by Crippen LogP contribution is -2.16. The van der Waals surface area contributed by atoms with Gasteiger partial charge in [0.2, 0.25) is 0 Å². The molecule has 0 amide bonds. The zero-order valence-electron chi connectivity index (χ0n) is 13.8. The van der Waals surface area contributed by atoms with Gasteiger partial charge in [-0.1, -0.05) is 60.7 Å². The van der Waals surface area contributed by atoms with Gasteiger partial charge in [-0.25, -0.2) is 9.78 Å². The highest BCUT2D eigenvalue weighted by molar-refractivity contribution is 5.94. The molecule has 26 heavy (non-hydrogen) atoms. The lowest BCUT2D eigenvalue weighted by Gasteiger charge is -2.19. The number of benzene rings is 2. The van der Waals surface area contributed by atoms with Crippen molar-refractivity contribution in [3.8, 4) is 0 Å². The lowest BCUT2D eigenvalue weighted by atomic mass is 10.0. The van der Waals surface area contributed by atoms with Gasteiger partial charge < -0.3 is 10.5 Å². The molecule has 0 aliphatic carbocycles. The fraction of sp³-hybridized carbons (Fsp3) is 0.0500. The third-order valence-corrected chi connectivity index (χ3v) is 4.10. The molecule has 2 N–H and O–H groups in total. The van der Waals surface area contributed by atoms with E-state index >= 15 is 0 Å². The number of nitrogens with zero attached hydrogens (tertiary/aromatic N) is 3. The van der Waals surface area contributed by atoms with Crippen LogP contribution in [0.4, 0.5) is 5.82 Å². The second-order valence-electron chi connectivity index (χ2n) is 5.77. The summed E-state index contributed by atoms with van der Waals surface area (Å²) in [5.41, 5.74) is 8.57. The molecule has 2 aromatic heterocycles. The second kappa shape index (κ2) is 6.68. The molecular formula is C20H16N4O2. The van der Waals surface area contributed by atoms with Crippen molar-refractivity contribution >= 4 is 17.4 Å². The van der Waals surface area contributed by atoms with Crippen LogP contribution in [0.3, 0.4) is 0 Å². The van der Waals surface area contributed by atoms with Crippen LogP contribution in [-0.4, -0.2) is 20.6 Å². The topological polar surface area (TPSA) is 82.5 Å². The minimum atomic E-state index is -0.551. The molecule has 0 radical (unpaired) electrons. The molecule has 0 unspecified atom stereocenters. The van der Waals surface area contributed by atoms with Crippen LogP contribution in [0.5, 0.6) is 0 Å². The van der Waals surface area contributed by atoms with Crippen LogP contribution < -0.4 is 5.73 Å². The number of nitrogen functional groups attached to an aromatic ring is 1. The highest BCUT2D eigenvalue weighted by atomic mass is 16.5. The van der Waals surface area contributed by atoms with E-state index in [9.17, 15) is 4.79 Å². The van der Waals surface area contributed by atoms with Gasteiger partial charge in [-0.15, -0.1) is 0 Å². The van der Waals surface area contributed by atoms with Crippen molar-refractivity contribution in [2.45, 2.75) is 6.10 Å². The quantitative estimate of drug-likeness (QED) is 0.575. The molecule has 2 aromatic carbocycles. The lowest BCUT2D eigenvalue weighted by molar-refractivity contribution is 0.0378. The van der Waals surface area contributed by atoms with Crippen LogP contribution in [0.1, 0.15) is 27.6 Å². The molecule has 0 aliphatic rings. The van der Waals surface area contributed by atoms with Crippen LogP contribution in [0.25, 0.3) is 5.65 Å². The Kier molecular flexibility index (Phi) is 4.07. The Bertz CT molecular complexity index is 1010. The van der Waals surface area contributed by atoms with Crippen molar-refractivity contribution in [2.24, 2.45) is 0 Å². The molecule has 2 heterocycles. The number of fused-ring (bicyclic) bond motifs is 1. The van der Waals surface area contributed by atoms with Crippen molar-refractivity contribution in [1.82, 2.24) is 14.6 Å². The number of rotatable bonds is 4. The molecule has 0 fully saturated rings. The first-order chi connectivity index (χ1) is 12.7. The average Bonchev–Trinajstić information content (AvgIpc) is 3.17. The first-order valence-corrected chi connectivity index (χ1v) is 8.13. The summed E-state index contributed by atoms with van der Waals surface area (Å²) in [5.74, 6) is -0.352. The first kappa shape index (κ1) is 15.8. The normalized spacial score (nSPS) is 11.0. The Morgan fingerprint density at radius 3 is 2.19 bits per heavy atom. The summed E-state index contributed by atoms with van der Waals surface area (Å²) in [5, 5.41) is 4.08. The minimum absolute atomic E-state index is 0.179. The maximum absolute atomic E-state index is 12.8.